The zero-order chi connectivity index (χ0) is 27.6. The third kappa shape index (κ3) is 5.25. The van der Waals surface area contributed by atoms with Crippen LogP contribution in [-0.2, 0) is 4.79 Å². The normalized spacial score (nSPS) is 11.9. The molecule has 6 rings (SSSR count). The van der Waals surface area contributed by atoms with Gasteiger partial charge in [-0.15, -0.1) is 11.3 Å². The summed E-state index contributed by atoms with van der Waals surface area (Å²) in [5.41, 5.74) is 11.0. The number of carbonyl (C=O) groups is 2. The molecule has 1 atom stereocenters. The number of aromatic carboxylic acids is 1. The number of fused-ring (bicyclic) bond motifs is 2. The van der Waals surface area contributed by atoms with Gasteiger partial charge in [-0.25, -0.2) is 14.8 Å². The molecular formula is C31H22N4O3S2. The predicted molar refractivity (Wildman–Crippen MR) is 162 cm³/mol. The number of pyridine rings is 1. The number of hydrogen-bond donors (Lipinski definition) is 3. The molecule has 0 aliphatic heterocycles. The number of nitrogens with zero attached hydrogens (tertiary/aromatic N) is 2. The van der Waals surface area contributed by atoms with Gasteiger partial charge in [-0.2, -0.15) is 0 Å². The maximum atomic E-state index is 13.6. The number of amides is 1. The molecule has 0 radical (unpaired) electrons. The molecule has 1 amide bonds. The summed E-state index contributed by atoms with van der Waals surface area (Å²) >= 11 is 2.90. The molecule has 6 aromatic rings. The Morgan fingerprint density at radius 2 is 1.60 bits per heavy atom. The topological polar surface area (TPSA) is 118 Å². The summed E-state index contributed by atoms with van der Waals surface area (Å²) in [6.07, 6.45) is 0. The number of thiazole rings is 1. The molecule has 2 heterocycles. The Morgan fingerprint density at radius 3 is 2.38 bits per heavy atom. The van der Waals surface area contributed by atoms with E-state index in [0.29, 0.717) is 28.0 Å². The Hall–Kier alpha value is -4.73. The molecule has 7 nitrogen and oxygen atoms in total. The van der Waals surface area contributed by atoms with Crippen LogP contribution in [0.1, 0.15) is 21.2 Å². The minimum Gasteiger partial charge on any atom is -0.478 e. The lowest BCUT2D eigenvalue weighted by atomic mass is 10.0. The van der Waals surface area contributed by atoms with E-state index in [0.717, 1.165) is 25.7 Å². The molecule has 2 aromatic heterocycles. The van der Waals surface area contributed by atoms with Gasteiger partial charge in [-0.05, 0) is 48.0 Å². The number of carbonyl (C=O) groups excluding carboxylic acids is 1. The van der Waals surface area contributed by atoms with Crippen LogP contribution in [0.5, 0.6) is 0 Å². The molecule has 9 heteroatoms. The second kappa shape index (κ2) is 10.8. The third-order valence-corrected chi connectivity index (χ3v) is 8.71. The number of nitrogens with one attached hydrogen (secondary N) is 1. The molecule has 40 heavy (non-hydrogen) atoms. The van der Waals surface area contributed by atoms with Crippen molar-refractivity contribution in [3.8, 4) is 11.3 Å². The first-order chi connectivity index (χ1) is 19.4. The molecule has 0 aliphatic carbocycles. The first kappa shape index (κ1) is 25.5. The lowest BCUT2D eigenvalue weighted by Gasteiger charge is -2.16. The highest BCUT2D eigenvalue weighted by Crippen LogP contribution is 2.40. The first-order valence-electron chi connectivity index (χ1n) is 12.4. The summed E-state index contributed by atoms with van der Waals surface area (Å²) < 4.78 is 1.75. The number of anilines is 2. The van der Waals surface area contributed by atoms with Gasteiger partial charge < -0.3 is 16.2 Å². The van der Waals surface area contributed by atoms with E-state index in [1.165, 1.54) is 23.1 Å². The molecule has 0 aliphatic rings. The highest BCUT2D eigenvalue weighted by atomic mass is 32.2. The van der Waals surface area contributed by atoms with Crippen LogP contribution in [0, 0.1) is 0 Å². The Bertz CT molecular complexity index is 1870. The van der Waals surface area contributed by atoms with E-state index >= 15 is 0 Å². The van der Waals surface area contributed by atoms with Crippen molar-refractivity contribution in [2.45, 2.75) is 9.59 Å². The Kier molecular flexibility index (Phi) is 6.90. The summed E-state index contributed by atoms with van der Waals surface area (Å²) in [6, 6.07) is 31.1. The van der Waals surface area contributed by atoms with E-state index in [4.69, 9.17) is 10.7 Å². The Morgan fingerprint density at radius 1 is 0.850 bits per heavy atom. The Balaban J connectivity index is 1.26. The zero-order valence-electron chi connectivity index (χ0n) is 20.9. The smallest absolute Gasteiger partial charge is 0.336 e. The molecular weight excluding hydrogens is 541 g/mol. The van der Waals surface area contributed by atoms with Crippen molar-refractivity contribution in [1.82, 2.24) is 9.97 Å². The summed E-state index contributed by atoms with van der Waals surface area (Å²) in [5.74, 6) is -1.19. The van der Waals surface area contributed by atoms with Gasteiger partial charge in [-0.3, -0.25) is 4.79 Å². The first-order valence-corrected chi connectivity index (χ1v) is 14.1. The van der Waals surface area contributed by atoms with Gasteiger partial charge in [0.05, 0.1) is 27.0 Å². The fourth-order valence-corrected chi connectivity index (χ4v) is 6.71. The highest BCUT2D eigenvalue weighted by molar-refractivity contribution is 8.02. The van der Waals surface area contributed by atoms with Crippen LogP contribution >= 0.6 is 23.1 Å². The van der Waals surface area contributed by atoms with Crippen LogP contribution in [0.4, 0.5) is 11.4 Å². The van der Waals surface area contributed by atoms with E-state index in [2.05, 4.69) is 10.3 Å². The van der Waals surface area contributed by atoms with Gasteiger partial charge in [0, 0.05) is 22.3 Å². The minimum atomic E-state index is -1.01. The quantitative estimate of drug-likeness (QED) is 0.138. The number of nitrogens with two attached hydrogens (primary N) is 1. The van der Waals surface area contributed by atoms with E-state index in [1.807, 2.05) is 66.7 Å². The molecule has 0 bridgehead atoms. The number of nitrogen functional groups attached to an aromatic ring is 1. The standard InChI is InChI=1S/C31H22N4O3S2/c32-20-12-15-25-27(16-20)39-31(35-25)40-28(19-6-2-1-3-7-19)29(36)33-21-13-10-18(11-14-21)26-17-23(30(37)38)22-8-4-5-9-24(22)34-26/h1-17,28H,32H2,(H,33,36)(H,37,38). The van der Waals surface area contributed by atoms with E-state index in [-0.39, 0.29) is 11.5 Å². The third-order valence-electron chi connectivity index (χ3n) is 6.35. The molecule has 1 unspecified atom stereocenters. The van der Waals surface area contributed by atoms with Crippen molar-refractivity contribution in [2.24, 2.45) is 0 Å². The fourth-order valence-electron chi connectivity index (χ4n) is 4.40. The highest BCUT2D eigenvalue weighted by Gasteiger charge is 2.24. The lowest BCUT2D eigenvalue weighted by Crippen LogP contribution is -2.19. The number of aromatic nitrogens is 2. The van der Waals surface area contributed by atoms with Gasteiger partial charge in [-0.1, -0.05) is 72.4 Å². The average Bonchev–Trinajstić information content (AvgIpc) is 3.37. The molecule has 4 N–H and O–H groups in total. The van der Waals surface area contributed by atoms with E-state index in [9.17, 15) is 14.7 Å². The van der Waals surface area contributed by atoms with Gasteiger partial charge in [0.25, 0.3) is 0 Å². The number of thioether (sulfide) groups is 1. The molecule has 0 fully saturated rings. The fraction of sp³-hybridized carbons (Fsp3) is 0.0323. The van der Waals surface area contributed by atoms with Gasteiger partial charge >= 0.3 is 5.97 Å². The van der Waals surface area contributed by atoms with Gasteiger partial charge in [0.2, 0.25) is 5.91 Å². The van der Waals surface area contributed by atoms with Crippen LogP contribution in [-0.4, -0.2) is 27.0 Å². The van der Waals surface area contributed by atoms with Crippen molar-refractivity contribution < 1.29 is 14.7 Å². The monoisotopic (exact) mass is 562 g/mol. The summed E-state index contributed by atoms with van der Waals surface area (Å²) in [4.78, 5) is 34.8. The van der Waals surface area contributed by atoms with Crippen molar-refractivity contribution in [3.05, 3.63) is 114 Å². The summed E-state index contributed by atoms with van der Waals surface area (Å²) in [7, 11) is 0. The van der Waals surface area contributed by atoms with Crippen LogP contribution in [0.25, 0.3) is 32.4 Å². The van der Waals surface area contributed by atoms with Crippen molar-refractivity contribution in [2.75, 3.05) is 11.1 Å². The maximum Gasteiger partial charge on any atom is 0.336 e. The van der Waals surface area contributed by atoms with Crippen molar-refractivity contribution >= 4 is 67.5 Å². The number of benzene rings is 4. The molecule has 4 aromatic carbocycles. The lowest BCUT2D eigenvalue weighted by molar-refractivity contribution is -0.115. The number of para-hydroxylation sites is 1. The van der Waals surface area contributed by atoms with Crippen molar-refractivity contribution in [3.63, 3.8) is 0 Å². The second-order valence-corrected chi connectivity index (χ2v) is 11.4. The number of carboxylic acids is 1. The molecule has 0 saturated carbocycles. The van der Waals surface area contributed by atoms with Crippen LogP contribution in [0.3, 0.4) is 0 Å². The zero-order valence-corrected chi connectivity index (χ0v) is 22.6. The average molecular weight is 563 g/mol. The van der Waals surface area contributed by atoms with E-state index in [1.54, 1.807) is 36.4 Å². The predicted octanol–water partition coefficient (Wildman–Crippen LogP) is 7.26. The van der Waals surface area contributed by atoms with Crippen molar-refractivity contribution in [1.29, 1.82) is 0 Å². The number of rotatable bonds is 7. The largest absolute Gasteiger partial charge is 0.478 e. The maximum absolute atomic E-state index is 13.6. The minimum absolute atomic E-state index is 0.181. The number of carboxylic acid groups (broad SMARTS) is 1. The SMILES string of the molecule is Nc1ccc2nc(SC(C(=O)Nc3ccc(-c4cc(C(=O)O)c5ccccc5n4)cc3)c3ccccc3)sc2c1. The Labute approximate surface area is 237 Å². The van der Waals surface area contributed by atoms with Crippen LogP contribution in [0.15, 0.2) is 107 Å². The van der Waals surface area contributed by atoms with E-state index < -0.39 is 11.2 Å². The van der Waals surface area contributed by atoms with Gasteiger partial charge in [0.15, 0.2) is 4.34 Å². The molecule has 196 valence electrons. The summed E-state index contributed by atoms with van der Waals surface area (Å²) in [5, 5.41) is 12.8. The van der Waals surface area contributed by atoms with Crippen LogP contribution < -0.4 is 11.1 Å². The van der Waals surface area contributed by atoms with Crippen LogP contribution in [0.2, 0.25) is 0 Å². The second-order valence-electron chi connectivity index (χ2n) is 9.06. The molecule has 0 spiro atoms. The number of hydrogen-bond acceptors (Lipinski definition) is 7. The molecule has 0 saturated heterocycles. The summed E-state index contributed by atoms with van der Waals surface area (Å²) in [6.45, 7) is 0. The van der Waals surface area contributed by atoms with Gasteiger partial charge in [0.1, 0.15) is 5.25 Å².